The molecule has 0 aromatic carbocycles. The third-order valence-electron chi connectivity index (χ3n) is 3.47. The second kappa shape index (κ2) is 5.96. The average molecular weight is 328 g/mol. The van der Waals surface area contributed by atoms with E-state index >= 15 is 0 Å². The molecule has 2 heterocycles. The van der Waals surface area contributed by atoms with Crippen LogP contribution in [0.3, 0.4) is 0 Å². The number of aromatic amines is 1. The van der Waals surface area contributed by atoms with Gasteiger partial charge in [-0.2, -0.15) is 0 Å². The summed E-state index contributed by atoms with van der Waals surface area (Å²) in [5.74, 6) is 0.170. The maximum Gasteiger partial charge on any atom is 0.192 e. The van der Waals surface area contributed by atoms with E-state index in [4.69, 9.17) is 0 Å². The van der Waals surface area contributed by atoms with Gasteiger partial charge in [-0.25, -0.2) is 17.8 Å². The Bertz CT molecular complexity index is 770. The van der Waals surface area contributed by atoms with Gasteiger partial charge in [0.1, 0.15) is 6.67 Å². The van der Waals surface area contributed by atoms with Gasteiger partial charge in [-0.05, 0) is 24.5 Å². The van der Waals surface area contributed by atoms with Gasteiger partial charge in [-0.1, -0.05) is 13.8 Å². The lowest BCUT2D eigenvalue weighted by Gasteiger charge is -2.26. The van der Waals surface area contributed by atoms with Crippen molar-refractivity contribution in [2.24, 2.45) is 5.92 Å². The number of sulfone groups is 1. The molecule has 0 aliphatic heterocycles. The van der Waals surface area contributed by atoms with Crippen molar-refractivity contribution in [3.63, 3.8) is 0 Å². The maximum atomic E-state index is 13.2. The monoisotopic (exact) mass is 328 g/mol. The first-order valence-electron chi connectivity index (χ1n) is 7.09. The number of aromatic nitrogens is 2. The number of aliphatic hydroxyl groups is 1. The van der Waals surface area contributed by atoms with Crippen LogP contribution in [0.15, 0.2) is 23.4 Å². The van der Waals surface area contributed by atoms with Crippen LogP contribution in [-0.2, 0) is 16.3 Å². The van der Waals surface area contributed by atoms with Gasteiger partial charge in [0.25, 0.3) is 0 Å². The second-order valence-electron chi connectivity index (χ2n) is 6.31. The van der Waals surface area contributed by atoms with E-state index in [1.165, 1.54) is 12.3 Å². The summed E-state index contributed by atoms with van der Waals surface area (Å²) in [5, 5.41) is 11.0. The number of nitrogens with zero attached hydrogens (tertiary/aromatic N) is 1. The van der Waals surface area contributed by atoms with Gasteiger partial charge in [0.15, 0.2) is 14.9 Å². The first-order chi connectivity index (χ1) is 10.1. The normalized spacial score (nSPS) is 15.4. The van der Waals surface area contributed by atoms with Crippen LogP contribution in [0.1, 0.15) is 26.0 Å². The summed E-state index contributed by atoms with van der Waals surface area (Å²) in [4.78, 5) is 6.95. The van der Waals surface area contributed by atoms with Crippen LogP contribution in [0.4, 0.5) is 4.39 Å². The van der Waals surface area contributed by atoms with Crippen LogP contribution in [0.5, 0.6) is 0 Å². The van der Waals surface area contributed by atoms with E-state index in [1.807, 2.05) is 13.8 Å². The Kier molecular flexibility index (Phi) is 4.58. The molecule has 2 rings (SSSR count). The molecule has 1 atom stereocenters. The zero-order chi connectivity index (χ0) is 16.5. The maximum absolute atomic E-state index is 13.2. The van der Waals surface area contributed by atoms with E-state index < -0.39 is 22.1 Å². The lowest BCUT2D eigenvalue weighted by Crippen LogP contribution is -2.35. The lowest BCUT2D eigenvalue weighted by molar-refractivity contribution is -0.00341. The van der Waals surface area contributed by atoms with Crippen LogP contribution < -0.4 is 0 Å². The molecule has 2 N–H and O–H groups in total. The number of rotatable bonds is 6. The van der Waals surface area contributed by atoms with E-state index in [0.29, 0.717) is 23.0 Å². The third-order valence-corrected chi connectivity index (χ3v) is 4.46. The summed E-state index contributed by atoms with van der Waals surface area (Å²) < 4.78 is 36.2. The number of halogens is 1. The fourth-order valence-corrected chi connectivity index (χ4v) is 3.24. The SMILES string of the molecule is CC(C)CC(O)(CF)Cc1cc2cc(S(C)(=O)=O)ncc2[nH]1. The highest BCUT2D eigenvalue weighted by Crippen LogP contribution is 2.25. The van der Waals surface area contributed by atoms with Crippen molar-refractivity contribution in [2.45, 2.75) is 37.3 Å². The Labute approximate surface area is 129 Å². The van der Waals surface area contributed by atoms with Crippen molar-refractivity contribution in [3.05, 3.63) is 24.0 Å². The Balaban J connectivity index is 2.33. The molecule has 0 spiro atoms. The summed E-state index contributed by atoms with van der Waals surface area (Å²) in [6.45, 7) is 3.02. The number of pyridine rings is 1. The van der Waals surface area contributed by atoms with Gasteiger partial charge in [0.2, 0.25) is 0 Å². The molecule has 2 aromatic heterocycles. The van der Waals surface area contributed by atoms with Crippen molar-refractivity contribution in [1.82, 2.24) is 9.97 Å². The minimum absolute atomic E-state index is 0.00603. The highest BCUT2D eigenvalue weighted by molar-refractivity contribution is 7.90. The molecular formula is C15H21FN2O3S. The van der Waals surface area contributed by atoms with E-state index in [9.17, 15) is 17.9 Å². The van der Waals surface area contributed by atoms with Gasteiger partial charge in [0, 0.05) is 23.8 Å². The van der Waals surface area contributed by atoms with Gasteiger partial charge in [0.05, 0.1) is 17.3 Å². The minimum Gasteiger partial charge on any atom is -0.387 e. The average Bonchev–Trinajstić information content (AvgIpc) is 2.77. The topological polar surface area (TPSA) is 83.0 Å². The summed E-state index contributed by atoms with van der Waals surface area (Å²) in [6.07, 6.45) is 3.03. The summed E-state index contributed by atoms with van der Waals surface area (Å²) in [7, 11) is -3.38. The second-order valence-corrected chi connectivity index (χ2v) is 8.27. The van der Waals surface area contributed by atoms with Crippen molar-refractivity contribution >= 4 is 20.7 Å². The fourth-order valence-electron chi connectivity index (χ4n) is 2.66. The molecular weight excluding hydrogens is 307 g/mol. The fraction of sp³-hybridized carbons (Fsp3) is 0.533. The van der Waals surface area contributed by atoms with Gasteiger partial charge in [-0.15, -0.1) is 0 Å². The number of alkyl halides is 1. The zero-order valence-electron chi connectivity index (χ0n) is 12.9. The highest BCUT2D eigenvalue weighted by atomic mass is 32.2. The Morgan fingerprint density at radius 2 is 2.09 bits per heavy atom. The smallest absolute Gasteiger partial charge is 0.192 e. The quantitative estimate of drug-likeness (QED) is 0.852. The number of fused-ring (bicyclic) bond motifs is 1. The number of H-pyrrole nitrogens is 1. The molecule has 0 aliphatic carbocycles. The van der Waals surface area contributed by atoms with E-state index in [-0.39, 0.29) is 17.4 Å². The lowest BCUT2D eigenvalue weighted by atomic mass is 9.89. The summed E-state index contributed by atoms with van der Waals surface area (Å²) in [6, 6.07) is 3.20. The van der Waals surface area contributed by atoms with Gasteiger partial charge in [-0.3, -0.25) is 0 Å². The highest BCUT2D eigenvalue weighted by Gasteiger charge is 2.29. The largest absolute Gasteiger partial charge is 0.387 e. The molecule has 5 nitrogen and oxygen atoms in total. The Morgan fingerprint density at radius 1 is 1.41 bits per heavy atom. The number of nitrogens with one attached hydrogen (secondary N) is 1. The Morgan fingerprint density at radius 3 is 2.64 bits per heavy atom. The van der Waals surface area contributed by atoms with Crippen molar-refractivity contribution < 1.29 is 17.9 Å². The standard InChI is InChI=1S/C15H21FN2O3S/c1-10(2)6-15(19,9-16)7-12-4-11-5-14(22(3,20)21)17-8-13(11)18-12/h4-5,8,10,18-19H,6-7,9H2,1-3H3. The molecule has 0 amide bonds. The van der Waals surface area contributed by atoms with Crippen molar-refractivity contribution in [3.8, 4) is 0 Å². The number of hydrogen-bond donors (Lipinski definition) is 2. The molecule has 122 valence electrons. The van der Waals surface area contributed by atoms with E-state index in [0.717, 1.165) is 6.26 Å². The van der Waals surface area contributed by atoms with Crippen molar-refractivity contribution in [2.75, 3.05) is 12.9 Å². The van der Waals surface area contributed by atoms with Gasteiger partial charge >= 0.3 is 0 Å². The van der Waals surface area contributed by atoms with Gasteiger partial charge < -0.3 is 10.1 Å². The molecule has 0 saturated carbocycles. The summed E-state index contributed by atoms with van der Waals surface area (Å²) >= 11 is 0. The third kappa shape index (κ3) is 3.84. The molecule has 1 unspecified atom stereocenters. The molecule has 0 fully saturated rings. The molecule has 0 saturated heterocycles. The molecule has 2 aromatic rings. The first-order valence-corrected chi connectivity index (χ1v) is 8.98. The molecule has 0 bridgehead atoms. The zero-order valence-corrected chi connectivity index (χ0v) is 13.7. The number of hydrogen-bond acceptors (Lipinski definition) is 4. The molecule has 0 aliphatic rings. The first kappa shape index (κ1) is 16.9. The molecule has 0 radical (unpaired) electrons. The van der Waals surface area contributed by atoms with Crippen LogP contribution in [-0.4, -0.2) is 42.0 Å². The summed E-state index contributed by atoms with van der Waals surface area (Å²) in [5.41, 5.74) is -0.0984. The van der Waals surface area contributed by atoms with Crippen LogP contribution in [0.2, 0.25) is 0 Å². The predicted molar refractivity (Wildman–Crippen MR) is 83.3 cm³/mol. The van der Waals surface area contributed by atoms with Crippen LogP contribution in [0, 0.1) is 5.92 Å². The minimum atomic E-state index is -3.38. The van der Waals surface area contributed by atoms with E-state index in [1.54, 1.807) is 6.07 Å². The molecule has 7 heteroatoms. The Hall–Kier alpha value is -1.47. The van der Waals surface area contributed by atoms with Crippen LogP contribution >= 0.6 is 0 Å². The van der Waals surface area contributed by atoms with Crippen LogP contribution in [0.25, 0.3) is 10.9 Å². The predicted octanol–water partition coefficient (Wildman–Crippen LogP) is 2.26. The van der Waals surface area contributed by atoms with E-state index in [2.05, 4.69) is 9.97 Å². The molecule has 22 heavy (non-hydrogen) atoms. The van der Waals surface area contributed by atoms with Crippen molar-refractivity contribution in [1.29, 1.82) is 0 Å².